The van der Waals surface area contributed by atoms with Crippen molar-refractivity contribution in [1.29, 1.82) is 0 Å². The lowest BCUT2D eigenvalue weighted by Crippen LogP contribution is -2.53. The van der Waals surface area contributed by atoms with Crippen LogP contribution < -0.4 is 0 Å². The van der Waals surface area contributed by atoms with E-state index in [2.05, 4.69) is 19.4 Å². The molecule has 2 heterocycles. The maximum Gasteiger partial charge on any atom is 0.360 e. The molecule has 2 aliphatic rings. The van der Waals surface area contributed by atoms with Gasteiger partial charge in [0.15, 0.2) is 24.4 Å². The summed E-state index contributed by atoms with van der Waals surface area (Å²) in [5, 5.41) is 38.2. The Labute approximate surface area is 132 Å². The zero-order valence-corrected chi connectivity index (χ0v) is 11.7. The standard InChI is InChI=1S/C10H12N2O12/c13-3-5(15)9(19)23-12-2-1-11(21-7(3)17)22-8(18)4(14)6(16)10(20)24-12/h3-6,13-16H,1-2H2/t3-,4-,5-,6-/m1/s1. The average molecular weight is 352 g/mol. The molecule has 134 valence electrons. The van der Waals surface area contributed by atoms with Crippen molar-refractivity contribution in [2.75, 3.05) is 13.1 Å². The van der Waals surface area contributed by atoms with Gasteiger partial charge in [-0.15, -0.1) is 0 Å². The van der Waals surface area contributed by atoms with Gasteiger partial charge in [0, 0.05) is 10.5 Å². The van der Waals surface area contributed by atoms with E-state index in [0.29, 0.717) is 0 Å². The van der Waals surface area contributed by atoms with Gasteiger partial charge in [0.1, 0.15) is 0 Å². The van der Waals surface area contributed by atoms with Gasteiger partial charge in [-0.1, -0.05) is 0 Å². The zero-order chi connectivity index (χ0) is 18.0. The number of nitrogens with zero attached hydrogens (tertiary/aromatic N) is 2. The summed E-state index contributed by atoms with van der Waals surface area (Å²) in [4.78, 5) is 63.9. The molecule has 0 saturated carbocycles. The van der Waals surface area contributed by atoms with Crippen LogP contribution >= 0.6 is 0 Å². The Hall–Kier alpha value is -2.36. The SMILES string of the molecule is O=C1ON2CCN(OC(=O)[C@H](O)[C@H]1O)OC(=O)[C@H](O)[C@@H](O)C(=O)O2. The molecule has 14 nitrogen and oxygen atoms in total. The highest BCUT2D eigenvalue weighted by atomic mass is 17.0. The first-order chi connectivity index (χ1) is 11.2. The van der Waals surface area contributed by atoms with E-state index in [1.807, 2.05) is 0 Å². The molecule has 24 heavy (non-hydrogen) atoms. The minimum absolute atomic E-state index is 0.169. The molecule has 14 heteroatoms. The summed E-state index contributed by atoms with van der Waals surface area (Å²) >= 11 is 0. The minimum atomic E-state index is -2.41. The van der Waals surface area contributed by atoms with Gasteiger partial charge in [-0.3, -0.25) is 0 Å². The van der Waals surface area contributed by atoms with E-state index in [1.54, 1.807) is 0 Å². The highest BCUT2D eigenvalue weighted by molar-refractivity contribution is 5.86. The molecule has 0 aliphatic carbocycles. The quantitative estimate of drug-likeness (QED) is 0.323. The molecule has 0 unspecified atom stereocenters. The summed E-state index contributed by atoms with van der Waals surface area (Å²) in [6.45, 7) is -1.13. The summed E-state index contributed by atoms with van der Waals surface area (Å²) in [5.41, 5.74) is 0. The van der Waals surface area contributed by atoms with Crippen molar-refractivity contribution in [2.24, 2.45) is 0 Å². The largest absolute Gasteiger partial charge is 0.379 e. The molecule has 2 bridgehead atoms. The van der Waals surface area contributed by atoms with Gasteiger partial charge in [-0.2, -0.15) is 0 Å². The molecule has 4 atom stereocenters. The third-order valence-electron chi connectivity index (χ3n) is 2.80. The molecule has 0 aromatic heterocycles. The van der Waals surface area contributed by atoms with Crippen molar-refractivity contribution in [2.45, 2.75) is 24.4 Å². The van der Waals surface area contributed by atoms with Crippen LogP contribution in [0.2, 0.25) is 0 Å². The summed E-state index contributed by atoms with van der Waals surface area (Å²) in [6, 6.07) is 0. The number of hydrogen-bond donors (Lipinski definition) is 4. The summed E-state index contributed by atoms with van der Waals surface area (Å²) in [5.74, 6) is -6.32. The highest BCUT2D eigenvalue weighted by Crippen LogP contribution is 2.12. The number of aliphatic hydroxyl groups is 4. The lowest BCUT2D eigenvalue weighted by Gasteiger charge is -2.29. The fraction of sp³-hybridized carbons (Fsp3) is 0.600. The summed E-state index contributed by atoms with van der Waals surface area (Å²) in [6.07, 6.45) is -9.64. The normalized spacial score (nSPS) is 38.5. The van der Waals surface area contributed by atoms with E-state index in [1.165, 1.54) is 0 Å². The highest BCUT2D eigenvalue weighted by Gasteiger charge is 2.42. The second-order valence-corrected chi connectivity index (χ2v) is 4.53. The first-order valence-corrected chi connectivity index (χ1v) is 6.35. The van der Waals surface area contributed by atoms with Gasteiger partial charge in [0.05, 0.1) is 13.1 Å². The van der Waals surface area contributed by atoms with Crippen molar-refractivity contribution >= 4 is 23.9 Å². The number of rotatable bonds is 0. The Morgan fingerprint density at radius 2 is 0.792 bits per heavy atom. The van der Waals surface area contributed by atoms with E-state index in [4.69, 9.17) is 0 Å². The fourth-order valence-electron chi connectivity index (χ4n) is 1.52. The second kappa shape index (κ2) is 7.04. The number of hydroxylamine groups is 4. The Bertz CT molecular complexity index is 460. The van der Waals surface area contributed by atoms with Gasteiger partial charge in [-0.25, -0.2) is 19.2 Å². The number of fused-ring (bicyclic) bond motifs is 3. The first kappa shape index (κ1) is 18.0. The molecule has 2 aliphatic heterocycles. The van der Waals surface area contributed by atoms with E-state index >= 15 is 0 Å². The van der Waals surface area contributed by atoms with Crippen LogP contribution in [0.5, 0.6) is 0 Å². The molecule has 4 N–H and O–H groups in total. The second-order valence-electron chi connectivity index (χ2n) is 4.53. The smallest absolute Gasteiger partial charge is 0.360 e. The van der Waals surface area contributed by atoms with E-state index in [-0.39, 0.29) is 10.5 Å². The van der Waals surface area contributed by atoms with Crippen molar-refractivity contribution in [3.8, 4) is 0 Å². The summed E-state index contributed by atoms with van der Waals surface area (Å²) in [7, 11) is 0. The molecule has 2 fully saturated rings. The van der Waals surface area contributed by atoms with Crippen LogP contribution in [0.1, 0.15) is 0 Å². The predicted molar refractivity (Wildman–Crippen MR) is 61.8 cm³/mol. The maximum atomic E-state index is 11.5. The van der Waals surface area contributed by atoms with Crippen LogP contribution in [0.4, 0.5) is 0 Å². The molecular formula is C10H12N2O12. The first-order valence-electron chi connectivity index (χ1n) is 6.35. The van der Waals surface area contributed by atoms with Crippen molar-refractivity contribution < 1.29 is 59.0 Å². The Balaban J connectivity index is 2.32. The van der Waals surface area contributed by atoms with Crippen LogP contribution in [-0.4, -0.2) is 92.3 Å². The molecule has 0 radical (unpaired) electrons. The lowest BCUT2D eigenvalue weighted by molar-refractivity contribution is -0.371. The van der Waals surface area contributed by atoms with E-state index < -0.39 is 61.4 Å². The minimum Gasteiger partial charge on any atom is -0.379 e. The van der Waals surface area contributed by atoms with Crippen LogP contribution in [0, 0.1) is 0 Å². The average Bonchev–Trinajstić information content (AvgIpc) is 2.54. The zero-order valence-electron chi connectivity index (χ0n) is 11.7. The third-order valence-corrected chi connectivity index (χ3v) is 2.80. The summed E-state index contributed by atoms with van der Waals surface area (Å²) < 4.78 is 0. The topological polar surface area (TPSA) is 193 Å². The van der Waals surface area contributed by atoms with Crippen LogP contribution in [0.3, 0.4) is 0 Å². The molecule has 2 rings (SSSR count). The number of carbonyl (C=O) groups excluding carboxylic acids is 4. The van der Waals surface area contributed by atoms with E-state index in [9.17, 15) is 39.6 Å². The molecule has 0 aromatic rings. The van der Waals surface area contributed by atoms with Gasteiger partial charge in [0.2, 0.25) is 0 Å². The van der Waals surface area contributed by atoms with Gasteiger partial charge >= 0.3 is 23.9 Å². The molecule has 0 amide bonds. The van der Waals surface area contributed by atoms with Gasteiger partial charge in [0.25, 0.3) is 0 Å². The third kappa shape index (κ3) is 3.75. The van der Waals surface area contributed by atoms with Crippen molar-refractivity contribution in [1.82, 2.24) is 10.5 Å². The van der Waals surface area contributed by atoms with Gasteiger partial charge in [-0.05, 0) is 0 Å². The van der Waals surface area contributed by atoms with Crippen molar-refractivity contribution in [3.63, 3.8) is 0 Å². The van der Waals surface area contributed by atoms with Crippen molar-refractivity contribution in [3.05, 3.63) is 0 Å². The number of aliphatic hydroxyl groups excluding tert-OH is 4. The predicted octanol–water partition coefficient (Wildman–Crippen LogP) is -5.11. The maximum absolute atomic E-state index is 11.5. The lowest BCUT2D eigenvalue weighted by atomic mass is 10.2. The van der Waals surface area contributed by atoms with Crippen LogP contribution in [0.15, 0.2) is 0 Å². The Morgan fingerprint density at radius 3 is 1.00 bits per heavy atom. The Morgan fingerprint density at radius 1 is 0.583 bits per heavy atom. The Kier molecular flexibility index (Phi) is 5.27. The van der Waals surface area contributed by atoms with E-state index in [0.717, 1.165) is 0 Å². The molecular weight excluding hydrogens is 340 g/mol. The van der Waals surface area contributed by atoms with Crippen LogP contribution in [-0.2, 0) is 38.5 Å². The molecule has 0 spiro atoms. The van der Waals surface area contributed by atoms with Crippen LogP contribution in [0.25, 0.3) is 0 Å². The monoisotopic (exact) mass is 352 g/mol. The number of hydrogen-bond acceptors (Lipinski definition) is 14. The fourth-order valence-corrected chi connectivity index (χ4v) is 1.52. The molecule has 2 saturated heterocycles. The number of carbonyl (C=O) groups is 4. The van der Waals surface area contributed by atoms with Gasteiger partial charge < -0.3 is 39.8 Å². The molecule has 0 aromatic carbocycles.